The van der Waals surface area contributed by atoms with Crippen molar-refractivity contribution >= 4 is 73.9 Å². The molecular weight excluding hydrogens is 676 g/mol. The predicted molar refractivity (Wildman–Crippen MR) is 184 cm³/mol. The van der Waals surface area contributed by atoms with Crippen molar-refractivity contribution < 1.29 is 18.0 Å². The van der Waals surface area contributed by atoms with Crippen LogP contribution in [0.5, 0.6) is 0 Å². The molecule has 12 heteroatoms. The topological polar surface area (TPSA) is 86.8 Å². The number of hydrogen-bond acceptors (Lipinski definition) is 4. The molecule has 0 saturated heterocycles. The fourth-order valence-electron chi connectivity index (χ4n) is 5.61. The van der Waals surface area contributed by atoms with Crippen molar-refractivity contribution in [2.24, 2.45) is 0 Å². The van der Waals surface area contributed by atoms with Gasteiger partial charge in [0.2, 0.25) is 21.8 Å². The second-order valence-electron chi connectivity index (χ2n) is 11.3. The van der Waals surface area contributed by atoms with Crippen LogP contribution in [0, 0.1) is 0 Å². The van der Waals surface area contributed by atoms with Crippen molar-refractivity contribution in [3.8, 4) is 0 Å². The van der Waals surface area contributed by atoms with Gasteiger partial charge < -0.3 is 10.2 Å². The Morgan fingerprint density at radius 1 is 0.889 bits per heavy atom. The number of anilines is 1. The van der Waals surface area contributed by atoms with Gasteiger partial charge in [-0.1, -0.05) is 102 Å². The number of nitrogens with one attached hydrogen (secondary N) is 1. The van der Waals surface area contributed by atoms with Crippen LogP contribution in [0.25, 0.3) is 0 Å². The van der Waals surface area contributed by atoms with E-state index in [1.54, 1.807) is 24.3 Å². The van der Waals surface area contributed by atoms with Crippen molar-refractivity contribution in [1.29, 1.82) is 0 Å². The Labute approximate surface area is 285 Å². The van der Waals surface area contributed by atoms with E-state index in [1.165, 1.54) is 17.0 Å². The molecule has 1 atom stereocenters. The number of rotatable bonds is 13. The summed E-state index contributed by atoms with van der Waals surface area (Å²) in [5.74, 6) is -0.581. The number of carbonyl (C=O) groups excluding carboxylic acids is 2. The van der Waals surface area contributed by atoms with Gasteiger partial charge in [-0.3, -0.25) is 13.9 Å². The van der Waals surface area contributed by atoms with E-state index >= 15 is 0 Å². The average molecular weight is 714 g/mol. The van der Waals surface area contributed by atoms with Crippen molar-refractivity contribution in [1.82, 2.24) is 10.2 Å². The van der Waals surface area contributed by atoms with Crippen LogP contribution < -0.4 is 9.62 Å². The molecule has 1 aliphatic rings. The zero-order chi connectivity index (χ0) is 32.6. The first-order valence-corrected chi connectivity index (χ1v) is 18.3. The van der Waals surface area contributed by atoms with Crippen LogP contribution in [0.1, 0.15) is 56.1 Å². The van der Waals surface area contributed by atoms with Gasteiger partial charge >= 0.3 is 0 Å². The van der Waals surface area contributed by atoms with E-state index in [4.69, 9.17) is 46.4 Å². The molecule has 45 heavy (non-hydrogen) atoms. The molecule has 0 aromatic heterocycles. The summed E-state index contributed by atoms with van der Waals surface area (Å²) in [4.78, 5) is 29.7. The molecule has 0 heterocycles. The number of hydrogen-bond donors (Lipinski definition) is 1. The van der Waals surface area contributed by atoms with Gasteiger partial charge in [0.05, 0.1) is 17.0 Å². The maximum Gasteiger partial charge on any atom is 0.243 e. The van der Waals surface area contributed by atoms with E-state index in [0.717, 1.165) is 48.2 Å². The lowest BCUT2D eigenvalue weighted by atomic mass is 9.94. The minimum absolute atomic E-state index is 0.00282. The minimum Gasteiger partial charge on any atom is -0.352 e. The van der Waals surface area contributed by atoms with Crippen LogP contribution >= 0.6 is 46.4 Å². The molecule has 242 valence electrons. The fourth-order valence-corrected chi connectivity index (χ4v) is 7.53. The van der Waals surface area contributed by atoms with Gasteiger partial charge in [0.25, 0.3) is 0 Å². The van der Waals surface area contributed by atoms with Gasteiger partial charge in [0.1, 0.15) is 6.04 Å². The molecule has 1 fully saturated rings. The molecule has 0 bridgehead atoms. The molecule has 2 amide bonds. The van der Waals surface area contributed by atoms with Crippen LogP contribution in [0.3, 0.4) is 0 Å². The second kappa shape index (κ2) is 16.4. The Kier molecular flexibility index (Phi) is 12.9. The van der Waals surface area contributed by atoms with Gasteiger partial charge in [-0.15, -0.1) is 0 Å². The Morgan fingerprint density at radius 3 is 2.20 bits per heavy atom. The Morgan fingerprint density at radius 2 is 1.56 bits per heavy atom. The summed E-state index contributed by atoms with van der Waals surface area (Å²) in [7, 11) is -3.76. The molecule has 0 spiro atoms. The predicted octanol–water partition coefficient (Wildman–Crippen LogP) is 7.94. The van der Waals surface area contributed by atoms with Crippen LogP contribution in [0.15, 0.2) is 66.7 Å². The third kappa shape index (κ3) is 10.00. The molecule has 4 rings (SSSR count). The summed E-state index contributed by atoms with van der Waals surface area (Å²) in [5, 5.41) is 4.51. The summed E-state index contributed by atoms with van der Waals surface area (Å²) >= 11 is 25.6. The number of sulfonamides is 1. The number of nitrogens with zero attached hydrogens (tertiary/aromatic N) is 2. The van der Waals surface area contributed by atoms with Crippen molar-refractivity contribution in [3.05, 3.63) is 97.9 Å². The first kappa shape index (κ1) is 35.4. The van der Waals surface area contributed by atoms with Crippen molar-refractivity contribution in [2.75, 3.05) is 17.1 Å². The Balaban J connectivity index is 1.64. The van der Waals surface area contributed by atoms with Crippen LogP contribution in [-0.2, 0) is 32.6 Å². The van der Waals surface area contributed by atoms with Gasteiger partial charge in [-0.2, -0.15) is 0 Å². The summed E-state index contributed by atoms with van der Waals surface area (Å²) < 4.78 is 26.7. The Hall–Kier alpha value is -2.49. The van der Waals surface area contributed by atoms with Crippen LogP contribution in [0.4, 0.5) is 5.69 Å². The van der Waals surface area contributed by atoms with E-state index in [2.05, 4.69) is 5.32 Å². The van der Waals surface area contributed by atoms with E-state index in [1.807, 2.05) is 30.3 Å². The Bertz CT molecular complexity index is 1560. The third-order valence-corrected chi connectivity index (χ3v) is 10.4. The number of carbonyl (C=O) groups is 2. The fraction of sp³-hybridized carbons (Fsp3) is 0.394. The zero-order valence-corrected chi connectivity index (χ0v) is 28.9. The number of amides is 2. The van der Waals surface area contributed by atoms with Gasteiger partial charge in [-0.05, 0) is 55.2 Å². The standard InChI is InChI=1S/C33H37Cl4N3O4S/c1-45(43,44)40(30-21-24(34)17-18-29(30)37)19-9-16-32(41)39(22-26-27(35)14-8-15-28(26)36)31(20-23-10-4-2-5-11-23)33(42)38-25-12-6-3-7-13-25/h2,4-5,8,10-11,14-15,17-18,21,25,31H,3,6-7,9,12-13,16,19-20,22H2,1H3,(H,38,42). The van der Waals surface area contributed by atoms with Crippen LogP contribution in [-0.4, -0.2) is 50.0 Å². The largest absolute Gasteiger partial charge is 0.352 e. The highest BCUT2D eigenvalue weighted by molar-refractivity contribution is 7.92. The monoisotopic (exact) mass is 711 g/mol. The quantitative estimate of drug-likeness (QED) is 0.195. The molecule has 1 saturated carbocycles. The van der Waals surface area contributed by atoms with Gasteiger partial charge in [0, 0.05) is 52.6 Å². The molecule has 0 radical (unpaired) electrons. The maximum atomic E-state index is 14.1. The number of benzene rings is 3. The molecule has 3 aromatic rings. The van der Waals surface area contributed by atoms with E-state index in [0.29, 0.717) is 20.6 Å². The summed E-state index contributed by atoms with van der Waals surface area (Å²) in [6, 6.07) is 18.4. The maximum absolute atomic E-state index is 14.1. The first-order valence-electron chi connectivity index (χ1n) is 14.9. The summed E-state index contributed by atoms with van der Waals surface area (Å²) in [6.45, 7) is -0.0220. The lowest BCUT2D eigenvalue weighted by Crippen LogP contribution is -2.53. The highest BCUT2D eigenvalue weighted by Crippen LogP contribution is 2.32. The molecule has 1 unspecified atom stereocenters. The van der Waals surface area contributed by atoms with Crippen LogP contribution in [0.2, 0.25) is 20.1 Å². The summed E-state index contributed by atoms with van der Waals surface area (Å²) in [6.07, 6.45) is 6.46. The van der Waals surface area contributed by atoms with E-state index in [9.17, 15) is 18.0 Å². The zero-order valence-electron chi connectivity index (χ0n) is 25.0. The lowest BCUT2D eigenvalue weighted by molar-refractivity contribution is -0.141. The highest BCUT2D eigenvalue weighted by Gasteiger charge is 2.33. The lowest BCUT2D eigenvalue weighted by Gasteiger charge is -2.34. The molecule has 1 aliphatic carbocycles. The molecule has 7 nitrogen and oxygen atoms in total. The molecule has 3 aromatic carbocycles. The van der Waals surface area contributed by atoms with E-state index in [-0.39, 0.29) is 60.9 Å². The summed E-state index contributed by atoms with van der Waals surface area (Å²) in [5.41, 5.74) is 1.65. The SMILES string of the molecule is CS(=O)(=O)N(CCCC(=O)N(Cc1c(Cl)cccc1Cl)C(Cc1ccccc1)C(=O)NC1CCCCC1)c1cc(Cl)ccc1Cl. The van der Waals surface area contributed by atoms with Crippen molar-refractivity contribution in [3.63, 3.8) is 0 Å². The number of halogens is 4. The molecular formula is C33H37Cl4N3O4S. The van der Waals surface area contributed by atoms with Gasteiger partial charge in [-0.25, -0.2) is 8.42 Å². The second-order valence-corrected chi connectivity index (χ2v) is 14.9. The van der Waals surface area contributed by atoms with E-state index < -0.39 is 16.1 Å². The normalized spacial score (nSPS) is 14.5. The minimum atomic E-state index is -3.76. The molecule has 1 N–H and O–H groups in total. The van der Waals surface area contributed by atoms with Gasteiger partial charge in [0.15, 0.2) is 0 Å². The van der Waals surface area contributed by atoms with Crippen molar-refractivity contribution in [2.45, 2.75) is 70.0 Å². The molecule has 0 aliphatic heterocycles. The third-order valence-electron chi connectivity index (χ3n) is 7.94. The average Bonchev–Trinajstić information content (AvgIpc) is 3.00. The highest BCUT2D eigenvalue weighted by atomic mass is 35.5. The first-order chi connectivity index (χ1) is 21.4. The smallest absolute Gasteiger partial charge is 0.243 e.